The van der Waals surface area contributed by atoms with E-state index in [1.54, 1.807) is 24.3 Å². The van der Waals surface area contributed by atoms with Gasteiger partial charge in [0, 0.05) is 25.8 Å². The predicted octanol–water partition coefficient (Wildman–Crippen LogP) is 2.33. The van der Waals surface area contributed by atoms with Crippen molar-refractivity contribution in [1.29, 1.82) is 5.26 Å². The van der Waals surface area contributed by atoms with Crippen molar-refractivity contribution >= 4 is 5.91 Å². The maximum absolute atomic E-state index is 12.9. The number of hydrogen-bond donors (Lipinski definition) is 0. The molecule has 1 amide bonds. The van der Waals surface area contributed by atoms with Gasteiger partial charge in [0.25, 0.3) is 5.56 Å². The third-order valence-electron chi connectivity index (χ3n) is 4.26. The number of rotatable bonds is 7. The van der Waals surface area contributed by atoms with Gasteiger partial charge in [-0.1, -0.05) is 12.1 Å². The van der Waals surface area contributed by atoms with Gasteiger partial charge in [-0.2, -0.15) is 18.4 Å². The quantitative estimate of drug-likeness (QED) is 0.708. The van der Waals surface area contributed by atoms with Crippen molar-refractivity contribution in [2.75, 3.05) is 27.2 Å². The van der Waals surface area contributed by atoms with E-state index in [9.17, 15) is 22.8 Å². The summed E-state index contributed by atoms with van der Waals surface area (Å²) in [7, 11) is 3.67. The van der Waals surface area contributed by atoms with Crippen LogP contribution in [0.15, 0.2) is 47.4 Å². The highest BCUT2D eigenvalue weighted by Crippen LogP contribution is 2.26. The number of carbonyl (C=O) groups is 1. The lowest BCUT2D eigenvalue weighted by Crippen LogP contribution is -2.40. The van der Waals surface area contributed by atoms with Gasteiger partial charge < -0.3 is 14.4 Å². The largest absolute Gasteiger partial charge is 0.421 e. The number of carbonyl (C=O) groups excluding carboxylic acids is 1. The van der Waals surface area contributed by atoms with E-state index in [-0.39, 0.29) is 6.54 Å². The summed E-state index contributed by atoms with van der Waals surface area (Å²) in [4.78, 5) is 28.2. The van der Waals surface area contributed by atoms with Crippen LogP contribution in [0.25, 0.3) is 0 Å². The Labute approximate surface area is 166 Å². The minimum atomic E-state index is -4.78. The standard InChI is InChI=1S/C20H21F3N4O2/c1-25(2)10-11-26(13-16-7-5-15(12-24)6-8-16)18(28)14-27-9-3-4-17(19(27)29)20(21,22)23/h3-9H,10-11,13-14H2,1-2H3. The first-order valence-electron chi connectivity index (χ1n) is 8.80. The topological polar surface area (TPSA) is 69.3 Å². The molecule has 0 atom stereocenters. The highest BCUT2D eigenvalue weighted by molar-refractivity contribution is 5.76. The Balaban J connectivity index is 2.23. The molecular weight excluding hydrogens is 385 g/mol. The molecule has 6 nitrogen and oxygen atoms in total. The number of halogens is 3. The van der Waals surface area contributed by atoms with Crippen molar-refractivity contribution in [3.8, 4) is 6.07 Å². The van der Waals surface area contributed by atoms with E-state index in [0.717, 1.165) is 16.2 Å². The van der Waals surface area contributed by atoms with E-state index in [1.165, 1.54) is 11.1 Å². The lowest BCUT2D eigenvalue weighted by molar-refractivity contribution is -0.139. The number of aromatic nitrogens is 1. The molecule has 0 spiro atoms. The van der Waals surface area contributed by atoms with Crippen molar-refractivity contribution in [3.05, 3.63) is 69.6 Å². The number of nitrogens with zero attached hydrogens (tertiary/aromatic N) is 4. The number of amides is 1. The molecule has 0 aliphatic rings. The van der Waals surface area contributed by atoms with Crippen LogP contribution in [0, 0.1) is 11.3 Å². The van der Waals surface area contributed by atoms with Gasteiger partial charge in [-0.15, -0.1) is 0 Å². The Kier molecular flexibility index (Phi) is 7.18. The zero-order chi connectivity index (χ0) is 21.6. The zero-order valence-electron chi connectivity index (χ0n) is 16.1. The van der Waals surface area contributed by atoms with Crippen LogP contribution in [-0.2, 0) is 24.1 Å². The second-order valence-electron chi connectivity index (χ2n) is 6.78. The van der Waals surface area contributed by atoms with E-state index in [0.29, 0.717) is 24.7 Å². The van der Waals surface area contributed by atoms with Gasteiger partial charge in [-0.25, -0.2) is 0 Å². The highest BCUT2D eigenvalue weighted by Gasteiger charge is 2.34. The molecule has 0 bridgehead atoms. The molecule has 0 aliphatic carbocycles. The fourth-order valence-electron chi connectivity index (χ4n) is 2.64. The molecule has 1 heterocycles. The molecule has 0 unspecified atom stereocenters. The third kappa shape index (κ3) is 6.19. The normalized spacial score (nSPS) is 11.3. The minimum absolute atomic E-state index is 0.214. The van der Waals surface area contributed by atoms with Gasteiger partial charge in [0.1, 0.15) is 12.1 Å². The third-order valence-corrected chi connectivity index (χ3v) is 4.26. The summed E-state index contributed by atoms with van der Waals surface area (Å²) in [6.07, 6.45) is -3.61. The van der Waals surface area contributed by atoms with Gasteiger partial charge in [0.2, 0.25) is 5.91 Å². The Hall–Kier alpha value is -3.12. The molecule has 0 saturated carbocycles. The monoisotopic (exact) mass is 406 g/mol. The lowest BCUT2D eigenvalue weighted by Gasteiger charge is -2.25. The molecule has 1 aromatic heterocycles. The molecule has 29 heavy (non-hydrogen) atoms. The van der Waals surface area contributed by atoms with Crippen molar-refractivity contribution in [2.24, 2.45) is 0 Å². The second kappa shape index (κ2) is 9.39. The fraction of sp³-hybridized carbons (Fsp3) is 0.350. The van der Waals surface area contributed by atoms with Gasteiger partial charge in [-0.05, 0) is 43.9 Å². The Bertz CT molecular complexity index is 944. The number of likely N-dealkylation sites (N-methyl/N-ethyl adjacent to an activating group) is 1. The van der Waals surface area contributed by atoms with Crippen LogP contribution in [0.1, 0.15) is 16.7 Å². The molecule has 0 radical (unpaired) electrons. The molecular formula is C20H21F3N4O2. The van der Waals surface area contributed by atoms with Crippen molar-refractivity contribution in [3.63, 3.8) is 0 Å². The summed E-state index contributed by atoms with van der Waals surface area (Å²) in [6.45, 7) is 0.595. The first-order valence-corrected chi connectivity index (χ1v) is 8.80. The molecule has 154 valence electrons. The minimum Gasteiger partial charge on any atom is -0.336 e. The molecule has 2 aromatic rings. The van der Waals surface area contributed by atoms with Crippen molar-refractivity contribution in [2.45, 2.75) is 19.3 Å². The zero-order valence-corrected chi connectivity index (χ0v) is 16.1. The molecule has 0 saturated heterocycles. The smallest absolute Gasteiger partial charge is 0.336 e. The van der Waals surface area contributed by atoms with E-state index in [2.05, 4.69) is 0 Å². The van der Waals surface area contributed by atoms with E-state index < -0.39 is 29.8 Å². The van der Waals surface area contributed by atoms with Crippen LogP contribution >= 0.6 is 0 Å². The molecule has 2 rings (SSSR count). The summed E-state index contributed by atoms with van der Waals surface area (Å²) in [5.74, 6) is -0.474. The number of alkyl halides is 3. The van der Waals surface area contributed by atoms with E-state index in [4.69, 9.17) is 5.26 Å². The Morgan fingerprint density at radius 3 is 2.34 bits per heavy atom. The molecule has 9 heteroatoms. The second-order valence-corrected chi connectivity index (χ2v) is 6.78. The average Bonchev–Trinajstić information content (AvgIpc) is 2.66. The molecule has 1 aromatic carbocycles. The summed E-state index contributed by atoms with van der Waals surface area (Å²) in [5, 5.41) is 8.88. The first kappa shape index (κ1) is 22.2. The van der Waals surface area contributed by atoms with Crippen LogP contribution in [0.5, 0.6) is 0 Å². The summed E-state index contributed by atoms with van der Waals surface area (Å²) in [6, 6.07) is 10.5. The van der Waals surface area contributed by atoms with Crippen LogP contribution in [0.4, 0.5) is 13.2 Å². The highest BCUT2D eigenvalue weighted by atomic mass is 19.4. The van der Waals surface area contributed by atoms with Crippen LogP contribution in [0.2, 0.25) is 0 Å². The summed E-state index contributed by atoms with van der Waals surface area (Å²) >= 11 is 0. The molecule has 0 fully saturated rings. The number of hydrogen-bond acceptors (Lipinski definition) is 4. The van der Waals surface area contributed by atoms with Crippen LogP contribution in [0.3, 0.4) is 0 Å². The first-order chi connectivity index (χ1) is 13.6. The van der Waals surface area contributed by atoms with Crippen molar-refractivity contribution in [1.82, 2.24) is 14.4 Å². The van der Waals surface area contributed by atoms with Gasteiger partial charge in [-0.3, -0.25) is 9.59 Å². The van der Waals surface area contributed by atoms with Crippen molar-refractivity contribution < 1.29 is 18.0 Å². The number of benzene rings is 1. The Morgan fingerprint density at radius 2 is 1.79 bits per heavy atom. The summed E-state index contributed by atoms with van der Waals surface area (Å²) in [5.41, 5.74) is -1.30. The van der Waals surface area contributed by atoms with E-state index in [1.807, 2.05) is 25.1 Å². The fourth-order valence-corrected chi connectivity index (χ4v) is 2.64. The number of pyridine rings is 1. The SMILES string of the molecule is CN(C)CCN(Cc1ccc(C#N)cc1)C(=O)Cn1cccc(C(F)(F)F)c1=O. The lowest BCUT2D eigenvalue weighted by atomic mass is 10.1. The van der Waals surface area contributed by atoms with Gasteiger partial charge >= 0.3 is 6.18 Å². The van der Waals surface area contributed by atoms with Gasteiger partial charge in [0.15, 0.2) is 0 Å². The summed E-state index contributed by atoms with van der Waals surface area (Å²) < 4.78 is 39.6. The van der Waals surface area contributed by atoms with Crippen LogP contribution in [-0.4, -0.2) is 47.5 Å². The van der Waals surface area contributed by atoms with Gasteiger partial charge in [0.05, 0.1) is 11.6 Å². The van der Waals surface area contributed by atoms with E-state index >= 15 is 0 Å². The number of nitriles is 1. The Morgan fingerprint density at radius 1 is 1.14 bits per heavy atom. The predicted molar refractivity (Wildman–Crippen MR) is 101 cm³/mol. The average molecular weight is 406 g/mol. The van der Waals surface area contributed by atoms with Crippen LogP contribution < -0.4 is 5.56 Å². The molecule has 0 aliphatic heterocycles. The molecule has 0 N–H and O–H groups in total. The maximum atomic E-state index is 12.9. The maximum Gasteiger partial charge on any atom is 0.421 e.